The van der Waals surface area contributed by atoms with Crippen molar-refractivity contribution < 1.29 is 0 Å². The summed E-state index contributed by atoms with van der Waals surface area (Å²) in [7, 11) is 0. The van der Waals surface area contributed by atoms with Crippen LogP contribution in [-0.2, 0) is 0 Å². The molecule has 0 aliphatic rings. The molecule has 0 bridgehead atoms. The van der Waals surface area contributed by atoms with Gasteiger partial charge in [0.2, 0.25) is 0 Å². The van der Waals surface area contributed by atoms with Crippen molar-refractivity contribution >= 4 is 11.6 Å². The number of alkyl halides is 1. The highest BCUT2D eigenvalue weighted by Crippen LogP contribution is 1.75. The maximum absolute atomic E-state index is 6.50. The van der Waals surface area contributed by atoms with Crippen molar-refractivity contribution in [3.8, 4) is 6.57 Å². The van der Waals surface area contributed by atoms with Crippen LogP contribution in [0.5, 0.6) is 0 Å². The molecule has 0 radical (unpaired) electrons. The van der Waals surface area contributed by atoms with Crippen LogP contribution in [0.15, 0.2) is 0 Å². The first kappa shape index (κ1) is 9.24. The molecule has 2 heteroatoms. The molecule has 0 rings (SSSR count). The van der Waals surface area contributed by atoms with Gasteiger partial charge in [0.05, 0.1) is 0 Å². The number of halogens is 1. The van der Waals surface area contributed by atoms with E-state index >= 15 is 0 Å². The highest BCUT2D eigenvalue weighted by atomic mass is 35.5. The zero-order chi connectivity index (χ0) is 5.41. The smallest absolute Gasteiger partial charge is 0.0462 e. The van der Waals surface area contributed by atoms with Crippen molar-refractivity contribution in [1.29, 1.82) is 5.26 Å². The Morgan fingerprint density at radius 1 is 1.67 bits per heavy atom. The molecule has 0 fully saturated rings. The van der Waals surface area contributed by atoms with Crippen LogP contribution in [0.4, 0.5) is 0 Å². The Hall–Kier alpha value is -0.220. The van der Waals surface area contributed by atoms with Gasteiger partial charge in [-0.2, -0.15) is 0 Å². The van der Waals surface area contributed by atoms with Crippen LogP contribution in [0, 0.1) is 11.8 Å². The van der Waals surface area contributed by atoms with Gasteiger partial charge in [-0.25, -0.2) is 5.26 Å². The van der Waals surface area contributed by atoms with E-state index in [1.807, 2.05) is 6.92 Å². The summed E-state index contributed by atoms with van der Waals surface area (Å²) in [5, 5.41) is 6.50. The van der Waals surface area contributed by atoms with E-state index in [9.17, 15) is 0 Å². The van der Waals surface area contributed by atoms with E-state index < -0.39 is 0 Å². The Balaban J connectivity index is 0. The molecule has 0 amide bonds. The largest absolute Gasteiger partial charge is 0.202 e. The fourth-order valence-corrected chi connectivity index (χ4v) is 0. The van der Waals surface area contributed by atoms with E-state index in [1.54, 1.807) is 0 Å². The van der Waals surface area contributed by atoms with Gasteiger partial charge in [-0.1, -0.05) is 6.92 Å². The molecular weight excluding hydrogens is 97.5 g/mol. The lowest BCUT2D eigenvalue weighted by Crippen LogP contribution is -1.55. The van der Waals surface area contributed by atoms with Gasteiger partial charge in [-0.05, 0) is 6.42 Å². The summed E-state index contributed by atoms with van der Waals surface area (Å²) in [4.78, 5) is 0. The Morgan fingerprint density at radius 2 is 1.83 bits per heavy atom. The minimum atomic E-state index is 0.792. The van der Waals surface area contributed by atoms with Gasteiger partial charge in [0.25, 0.3) is 0 Å². The van der Waals surface area contributed by atoms with Crippen molar-refractivity contribution in [2.45, 2.75) is 13.3 Å². The molecule has 0 saturated heterocycles. The summed E-state index contributed by atoms with van der Waals surface area (Å²) < 4.78 is 0. The SMILES string of the molecule is C#N.CCCCl. The fourth-order valence-electron chi connectivity index (χ4n) is 0. The van der Waals surface area contributed by atoms with Gasteiger partial charge in [-0.3, -0.25) is 0 Å². The average Bonchev–Trinajstić information content (AvgIpc) is 1.72. The summed E-state index contributed by atoms with van der Waals surface area (Å²) in [5.41, 5.74) is 0. The first-order valence-electron chi connectivity index (χ1n) is 1.73. The maximum atomic E-state index is 6.50. The second-order valence-electron chi connectivity index (χ2n) is 0.689. The predicted octanol–water partition coefficient (Wildman–Crippen LogP) is 1.77. The molecule has 0 N–H and O–H groups in total. The van der Waals surface area contributed by atoms with Gasteiger partial charge in [0, 0.05) is 12.5 Å². The van der Waals surface area contributed by atoms with Crippen molar-refractivity contribution in [3.63, 3.8) is 0 Å². The first-order chi connectivity index (χ1) is 2.91. The van der Waals surface area contributed by atoms with Gasteiger partial charge >= 0.3 is 0 Å². The van der Waals surface area contributed by atoms with Gasteiger partial charge in [0.1, 0.15) is 0 Å². The van der Waals surface area contributed by atoms with Crippen molar-refractivity contribution in [3.05, 3.63) is 0 Å². The first-order valence-corrected chi connectivity index (χ1v) is 2.27. The lowest BCUT2D eigenvalue weighted by atomic mass is 10.6. The van der Waals surface area contributed by atoms with E-state index in [0.29, 0.717) is 0 Å². The van der Waals surface area contributed by atoms with Crippen molar-refractivity contribution in [2.24, 2.45) is 0 Å². The number of nitrogens with zero attached hydrogens (tertiary/aromatic N) is 1. The summed E-state index contributed by atoms with van der Waals surface area (Å²) >= 11 is 5.19. The average molecular weight is 106 g/mol. The molecule has 0 heterocycles. The summed E-state index contributed by atoms with van der Waals surface area (Å²) in [6, 6.07) is 0. The minimum Gasteiger partial charge on any atom is -0.202 e. The molecule has 0 aromatic carbocycles. The molecule has 0 saturated carbocycles. The third-order valence-corrected chi connectivity index (χ3v) is 0.567. The molecular formula is C4H8ClN. The molecule has 1 nitrogen and oxygen atoms in total. The van der Waals surface area contributed by atoms with Gasteiger partial charge in [-0.15, -0.1) is 11.6 Å². The molecule has 0 aromatic rings. The van der Waals surface area contributed by atoms with Crippen LogP contribution in [0.1, 0.15) is 13.3 Å². The molecule has 0 aliphatic carbocycles. The van der Waals surface area contributed by atoms with Crippen LogP contribution in [-0.4, -0.2) is 5.88 Å². The molecule has 0 aromatic heterocycles. The molecule has 0 unspecified atom stereocenters. The topological polar surface area (TPSA) is 23.8 Å². The summed E-state index contributed by atoms with van der Waals surface area (Å²) in [6.45, 7) is 5.55. The van der Waals surface area contributed by atoms with E-state index in [2.05, 4.69) is 6.57 Å². The van der Waals surface area contributed by atoms with Crippen molar-refractivity contribution in [1.82, 2.24) is 0 Å². The third-order valence-electron chi connectivity index (χ3n) is 0.189. The number of nitriles is 1. The van der Waals surface area contributed by atoms with Crippen LogP contribution < -0.4 is 0 Å². The molecule has 0 atom stereocenters. The molecule has 0 spiro atoms. The van der Waals surface area contributed by atoms with Crippen LogP contribution in [0.3, 0.4) is 0 Å². The van der Waals surface area contributed by atoms with Crippen LogP contribution >= 0.6 is 11.6 Å². The zero-order valence-electron chi connectivity index (χ0n) is 3.82. The second kappa shape index (κ2) is 21.6. The standard InChI is InChI=1S/C3H7Cl.CHN/c1-2-3-4;1-2/h2-3H2,1H3;1H. The number of rotatable bonds is 1. The van der Waals surface area contributed by atoms with E-state index in [4.69, 9.17) is 16.9 Å². The van der Waals surface area contributed by atoms with Crippen molar-refractivity contribution in [2.75, 3.05) is 5.88 Å². The van der Waals surface area contributed by atoms with E-state index in [0.717, 1.165) is 12.3 Å². The summed E-state index contributed by atoms with van der Waals surface area (Å²) in [6.07, 6.45) is 1.08. The number of hydrogen-bond donors (Lipinski definition) is 0. The fraction of sp³-hybridized carbons (Fsp3) is 0.750. The molecule has 6 heavy (non-hydrogen) atoms. The normalized spacial score (nSPS) is 5.33. The maximum Gasteiger partial charge on any atom is 0.0462 e. The van der Waals surface area contributed by atoms with Gasteiger partial charge < -0.3 is 0 Å². The molecule has 36 valence electrons. The monoisotopic (exact) mass is 105 g/mol. The number of hydrogen-bond acceptors (Lipinski definition) is 1. The highest BCUT2D eigenvalue weighted by molar-refractivity contribution is 6.17. The van der Waals surface area contributed by atoms with Crippen LogP contribution in [0.25, 0.3) is 0 Å². The predicted molar refractivity (Wildman–Crippen MR) is 27.7 cm³/mol. The van der Waals surface area contributed by atoms with Crippen LogP contribution in [0.2, 0.25) is 0 Å². The Morgan fingerprint density at radius 3 is 1.83 bits per heavy atom. The van der Waals surface area contributed by atoms with E-state index in [-0.39, 0.29) is 0 Å². The Labute approximate surface area is 43.5 Å². The molecule has 0 aliphatic heterocycles. The highest BCUT2D eigenvalue weighted by Gasteiger charge is 1.59. The Bertz CT molecular complexity index is 24.0. The minimum absolute atomic E-state index is 0.792. The zero-order valence-corrected chi connectivity index (χ0v) is 4.57. The van der Waals surface area contributed by atoms with E-state index in [1.165, 1.54) is 0 Å². The second-order valence-corrected chi connectivity index (χ2v) is 1.07. The quantitative estimate of drug-likeness (QED) is 0.467. The lowest BCUT2D eigenvalue weighted by Gasteiger charge is -1.65. The third kappa shape index (κ3) is 48.0. The Kier molecular flexibility index (Phi) is 33.2. The lowest BCUT2D eigenvalue weighted by molar-refractivity contribution is 1.10. The van der Waals surface area contributed by atoms with Gasteiger partial charge in [0.15, 0.2) is 0 Å². The summed E-state index contributed by atoms with van der Waals surface area (Å²) in [5.74, 6) is 0.792.